The van der Waals surface area contributed by atoms with Gasteiger partial charge < -0.3 is 4.57 Å². The SMILES string of the molecule is CCNC(C)(C#N)CCCn1ccnc1CC. The van der Waals surface area contributed by atoms with Crippen LogP contribution in [0.2, 0.25) is 0 Å². The van der Waals surface area contributed by atoms with E-state index in [9.17, 15) is 0 Å². The van der Waals surface area contributed by atoms with Crippen LogP contribution in [-0.2, 0) is 13.0 Å². The molecule has 0 radical (unpaired) electrons. The average Bonchev–Trinajstić information content (AvgIpc) is 2.77. The molecule has 1 N–H and O–H groups in total. The number of nitrogens with zero attached hydrogens (tertiary/aromatic N) is 3. The summed E-state index contributed by atoms with van der Waals surface area (Å²) in [5, 5.41) is 12.4. The van der Waals surface area contributed by atoms with Gasteiger partial charge in [-0.2, -0.15) is 5.26 Å². The van der Waals surface area contributed by atoms with Crippen molar-refractivity contribution >= 4 is 0 Å². The van der Waals surface area contributed by atoms with E-state index in [-0.39, 0.29) is 0 Å². The van der Waals surface area contributed by atoms with Gasteiger partial charge in [-0.15, -0.1) is 0 Å². The van der Waals surface area contributed by atoms with E-state index in [1.807, 2.05) is 26.2 Å². The van der Waals surface area contributed by atoms with E-state index in [0.717, 1.165) is 38.2 Å². The molecular formula is C13H22N4. The predicted molar refractivity (Wildman–Crippen MR) is 68.5 cm³/mol. The molecule has 1 aromatic heterocycles. The van der Waals surface area contributed by atoms with Crippen LogP contribution in [0.1, 0.15) is 39.4 Å². The molecule has 0 aromatic carbocycles. The van der Waals surface area contributed by atoms with E-state index in [2.05, 4.69) is 27.9 Å². The van der Waals surface area contributed by atoms with Gasteiger partial charge >= 0.3 is 0 Å². The van der Waals surface area contributed by atoms with Crippen LogP contribution in [0, 0.1) is 11.3 Å². The lowest BCUT2D eigenvalue weighted by Gasteiger charge is -2.22. The molecule has 0 saturated heterocycles. The largest absolute Gasteiger partial charge is 0.335 e. The van der Waals surface area contributed by atoms with Crippen LogP contribution in [0.15, 0.2) is 12.4 Å². The smallest absolute Gasteiger partial charge is 0.108 e. The van der Waals surface area contributed by atoms with E-state index in [1.54, 1.807) is 0 Å². The summed E-state index contributed by atoms with van der Waals surface area (Å²) in [6.45, 7) is 7.86. The lowest BCUT2D eigenvalue weighted by Crippen LogP contribution is -2.40. The first-order valence-electron chi connectivity index (χ1n) is 6.31. The second-order valence-corrected chi connectivity index (χ2v) is 4.47. The zero-order valence-electron chi connectivity index (χ0n) is 11.0. The fourth-order valence-electron chi connectivity index (χ4n) is 2.03. The highest BCUT2D eigenvalue weighted by molar-refractivity contribution is 5.03. The van der Waals surface area contributed by atoms with Crippen LogP contribution in [0.25, 0.3) is 0 Å². The van der Waals surface area contributed by atoms with Gasteiger partial charge in [0.15, 0.2) is 0 Å². The number of hydrogen-bond acceptors (Lipinski definition) is 3. The number of aryl methyl sites for hydroxylation is 2. The van der Waals surface area contributed by atoms with Gasteiger partial charge in [0.2, 0.25) is 0 Å². The highest BCUT2D eigenvalue weighted by Gasteiger charge is 2.21. The summed E-state index contributed by atoms with van der Waals surface area (Å²) in [5.41, 5.74) is -0.401. The van der Waals surface area contributed by atoms with Gasteiger partial charge in [0.05, 0.1) is 6.07 Å². The Balaban J connectivity index is 2.44. The summed E-state index contributed by atoms with van der Waals surface area (Å²) in [6, 6.07) is 2.35. The number of hydrogen-bond donors (Lipinski definition) is 1. The summed E-state index contributed by atoms with van der Waals surface area (Å²) in [6.07, 6.45) is 6.65. The van der Waals surface area contributed by atoms with Gasteiger partial charge in [0, 0.05) is 25.4 Å². The lowest BCUT2D eigenvalue weighted by atomic mass is 9.97. The first-order chi connectivity index (χ1) is 8.15. The Labute approximate surface area is 104 Å². The van der Waals surface area contributed by atoms with E-state index in [0.29, 0.717) is 0 Å². The predicted octanol–water partition coefficient (Wildman–Crippen LogP) is 2.12. The summed E-state index contributed by atoms with van der Waals surface area (Å²) in [4.78, 5) is 4.29. The Kier molecular flexibility index (Phi) is 5.17. The molecule has 17 heavy (non-hydrogen) atoms. The number of nitriles is 1. The average molecular weight is 234 g/mol. The molecule has 0 fully saturated rings. The van der Waals surface area contributed by atoms with E-state index in [1.165, 1.54) is 0 Å². The minimum atomic E-state index is -0.401. The molecule has 1 heterocycles. The molecule has 0 spiro atoms. The molecule has 1 rings (SSSR count). The molecule has 1 aromatic rings. The Morgan fingerprint density at radius 1 is 1.53 bits per heavy atom. The highest BCUT2D eigenvalue weighted by Crippen LogP contribution is 2.12. The topological polar surface area (TPSA) is 53.6 Å². The minimum absolute atomic E-state index is 0.401. The van der Waals surface area contributed by atoms with Crippen molar-refractivity contribution in [1.29, 1.82) is 5.26 Å². The minimum Gasteiger partial charge on any atom is -0.335 e. The molecular weight excluding hydrogens is 212 g/mol. The third-order valence-corrected chi connectivity index (χ3v) is 3.01. The summed E-state index contributed by atoms with van der Waals surface area (Å²) < 4.78 is 2.17. The monoisotopic (exact) mass is 234 g/mol. The molecule has 4 nitrogen and oxygen atoms in total. The van der Waals surface area contributed by atoms with Gasteiger partial charge in [-0.25, -0.2) is 4.98 Å². The zero-order chi connectivity index (χ0) is 12.7. The van der Waals surface area contributed by atoms with E-state index < -0.39 is 5.54 Å². The fraction of sp³-hybridized carbons (Fsp3) is 0.692. The molecule has 1 atom stereocenters. The van der Waals surface area contributed by atoms with Crippen molar-refractivity contribution in [2.24, 2.45) is 0 Å². The Morgan fingerprint density at radius 2 is 2.29 bits per heavy atom. The van der Waals surface area contributed by atoms with Gasteiger partial charge in [-0.1, -0.05) is 13.8 Å². The third-order valence-electron chi connectivity index (χ3n) is 3.01. The van der Waals surface area contributed by atoms with Crippen molar-refractivity contribution in [3.05, 3.63) is 18.2 Å². The molecule has 0 amide bonds. The first kappa shape index (κ1) is 13.7. The van der Waals surface area contributed by atoms with Gasteiger partial charge in [-0.05, 0) is 26.3 Å². The highest BCUT2D eigenvalue weighted by atomic mass is 15.1. The van der Waals surface area contributed by atoms with Crippen molar-refractivity contribution in [2.45, 2.75) is 52.1 Å². The quantitative estimate of drug-likeness (QED) is 0.786. The lowest BCUT2D eigenvalue weighted by molar-refractivity contribution is 0.401. The third kappa shape index (κ3) is 3.86. The molecule has 0 aliphatic heterocycles. The van der Waals surface area contributed by atoms with Crippen LogP contribution < -0.4 is 5.32 Å². The van der Waals surface area contributed by atoms with Gasteiger partial charge in [-0.3, -0.25) is 5.32 Å². The maximum atomic E-state index is 9.14. The van der Waals surface area contributed by atoms with Crippen molar-refractivity contribution in [2.75, 3.05) is 6.54 Å². The van der Waals surface area contributed by atoms with Crippen molar-refractivity contribution < 1.29 is 0 Å². The normalized spacial score (nSPS) is 14.2. The maximum Gasteiger partial charge on any atom is 0.108 e. The Bertz CT molecular complexity index is 377. The van der Waals surface area contributed by atoms with E-state index >= 15 is 0 Å². The molecule has 4 heteroatoms. The number of nitrogens with one attached hydrogen (secondary N) is 1. The standard InChI is InChI=1S/C13H22N4/c1-4-12-15-8-10-17(12)9-6-7-13(3,11-14)16-5-2/h8,10,16H,4-7,9H2,1-3H3. The van der Waals surface area contributed by atoms with Crippen LogP contribution in [0.3, 0.4) is 0 Å². The molecule has 0 aliphatic rings. The van der Waals surface area contributed by atoms with Crippen LogP contribution in [0.5, 0.6) is 0 Å². The van der Waals surface area contributed by atoms with Crippen molar-refractivity contribution in [3.8, 4) is 6.07 Å². The summed E-state index contributed by atoms with van der Waals surface area (Å²) in [5.74, 6) is 1.12. The van der Waals surface area contributed by atoms with Crippen LogP contribution in [0.4, 0.5) is 0 Å². The van der Waals surface area contributed by atoms with Crippen LogP contribution >= 0.6 is 0 Å². The zero-order valence-corrected chi connectivity index (χ0v) is 11.0. The molecule has 0 aliphatic carbocycles. The molecule has 1 unspecified atom stereocenters. The van der Waals surface area contributed by atoms with Gasteiger partial charge in [0.25, 0.3) is 0 Å². The summed E-state index contributed by atoms with van der Waals surface area (Å²) in [7, 11) is 0. The molecule has 0 saturated carbocycles. The number of rotatable bonds is 7. The maximum absolute atomic E-state index is 9.14. The first-order valence-corrected chi connectivity index (χ1v) is 6.31. The number of imidazole rings is 1. The van der Waals surface area contributed by atoms with E-state index in [4.69, 9.17) is 5.26 Å². The van der Waals surface area contributed by atoms with Crippen molar-refractivity contribution in [3.63, 3.8) is 0 Å². The second-order valence-electron chi connectivity index (χ2n) is 4.47. The number of aromatic nitrogens is 2. The van der Waals surface area contributed by atoms with Crippen LogP contribution in [-0.4, -0.2) is 21.6 Å². The van der Waals surface area contributed by atoms with Gasteiger partial charge in [0.1, 0.15) is 11.4 Å². The Hall–Kier alpha value is -1.34. The molecule has 94 valence electrons. The second kappa shape index (κ2) is 6.41. The fourth-order valence-corrected chi connectivity index (χ4v) is 2.03. The molecule has 0 bridgehead atoms. The van der Waals surface area contributed by atoms with Crippen molar-refractivity contribution in [1.82, 2.24) is 14.9 Å². The Morgan fingerprint density at radius 3 is 2.88 bits per heavy atom. The summed E-state index contributed by atoms with van der Waals surface area (Å²) >= 11 is 0.